The van der Waals surface area contributed by atoms with Crippen molar-refractivity contribution >= 4 is 6.08 Å². The summed E-state index contributed by atoms with van der Waals surface area (Å²) in [7, 11) is 2.14. The van der Waals surface area contributed by atoms with Crippen molar-refractivity contribution in [2.45, 2.75) is 34.1 Å². The van der Waals surface area contributed by atoms with Crippen LogP contribution in [0, 0.1) is 12.3 Å². The zero-order valence-corrected chi connectivity index (χ0v) is 11.0. The molecule has 0 aromatic carbocycles. The summed E-state index contributed by atoms with van der Waals surface area (Å²) in [5.74, 6) is 0. The molecule has 0 spiro atoms. The fourth-order valence-electron chi connectivity index (χ4n) is 2.60. The third kappa shape index (κ3) is 1.99. The molecule has 1 heteroatoms. The van der Waals surface area contributed by atoms with Crippen LogP contribution in [0.3, 0.4) is 0 Å². The highest BCUT2D eigenvalue weighted by Gasteiger charge is 2.17. The first-order valence-corrected chi connectivity index (χ1v) is 5.91. The molecule has 1 aromatic rings. The Hall–Kier alpha value is -1.24. The summed E-state index contributed by atoms with van der Waals surface area (Å²) in [6, 6.07) is 0. The summed E-state index contributed by atoms with van der Waals surface area (Å²) in [5.41, 5.74) is 5.83. The number of rotatable bonds is 0. The van der Waals surface area contributed by atoms with Crippen LogP contribution in [0.15, 0.2) is 23.9 Å². The van der Waals surface area contributed by atoms with Gasteiger partial charge in [-0.25, -0.2) is 0 Å². The predicted molar refractivity (Wildman–Crippen MR) is 70.4 cm³/mol. The molecule has 86 valence electrons. The molecule has 16 heavy (non-hydrogen) atoms. The molecule has 1 heterocycles. The van der Waals surface area contributed by atoms with Crippen LogP contribution in [0.25, 0.3) is 6.08 Å². The van der Waals surface area contributed by atoms with E-state index >= 15 is 0 Å². The maximum absolute atomic E-state index is 2.37. The first kappa shape index (κ1) is 11.3. The van der Waals surface area contributed by atoms with Crippen molar-refractivity contribution in [3.05, 3.63) is 40.7 Å². The van der Waals surface area contributed by atoms with E-state index in [-0.39, 0.29) is 5.41 Å². The van der Waals surface area contributed by atoms with Crippen LogP contribution in [0.5, 0.6) is 0 Å². The molecule has 0 radical (unpaired) electrons. The molecule has 1 aliphatic carbocycles. The normalized spacial score (nSPS) is 20.7. The molecule has 0 saturated carbocycles. The summed E-state index contributed by atoms with van der Waals surface area (Å²) in [5, 5.41) is 0. The van der Waals surface area contributed by atoms with Crippen LogP contribution in [0.1, 0.15) is 37.6 Å². The van der Waals surface area contributed by atoms with Crippen molar-refractivity contribution in [3.63, 3.8) is 0 Å². The Bertz CT molecular complexity index is 470. The van der Waals surface area contributed by atoms with Gasteiger partial charge in [0.05, 0.1) is 0 Å². The van der Waals surface area contributed by atoms with Gasteiger partial charge in [-0.2, -0.15) is 0 Å². The fourth-order valence-corrected chi connectivity index (χ4v) is 2.60. The van der Waals surface area contributed by atoms with E-state index in [0.29, 0.717) is 0 Å². The van der Waals surface area contributed by atoms with Gasteiger partial charge in [0.2, 0.25) is 0 Å². The lowest BCUT2D eigenvalue weighted by Crippen LogP contribution is -2.08. The van der Waals surface area contributed by atoms with Crippen LogP contribution in [0.2, 0.25) is 0 Å². The van der Waals surface area contributed by atoms with E-state index in [2.05, 4.69) is 63.7 Å². The molecule has 0 bridgehead atoms. The maximum atomic E-state index is 2.37. The topological polar surface area (TPSA) is 4.93 Å². The van der Waals surface area contributed by atoms with Gasteiger partial charge in [0, 0.05) is 30.8 Å². The van der Waals surface area contributed by atoms with Gasteiger partial charge in [-0.3, -0.25) is 0 Å². The van der Waals surface area contributed by atoms with E-state index in [1.807, 2.05) is 0 Å². The molecule has 0 unspecified atom stereocenters. The molecule has 2 rings (SSSR count). The van der Waals surface area contributed by atoms with Gasteiger partial charge in [-0.05, 0) is 25.0 Å². The van der Waals surface area contributed by atoms with Crippen molar-refractivity contribution in [2.75, 3.05) is 0 Å². The van der Waals surface area contributed by atoms with Gasteiger partial charge in [-0.1, -0.05) is 37.6 Å². The number of fused-ring (bicyclic) bond motifs is 1. The highest BCUT2D eigenvalue weighted by molar-refractivity contribution is 5.59. The second-order valence-electron chi connectivity index (χ2n) is 5.61. The summed E-state index contributed by atoms with van der Waals surface area (Å²) in [6.45, 7) is 8.94. The van der Waals surface area contributed by atoms with Crippen LogP contribution < -0.4 is 0 Å². The monoisotopic (exact) mass is 215 g/mol. The summed E-state index contributed by atoms with van der Waals surface area (Å²) in [4.78, 5) is 0. The van der Waals surface area contributed by atoms with E-state index in [1.165, 1.54) is 22.4 Å². The van der Waals surface area contributed by atoms with E-state index in [9.17, 15) is 0 Å². The largest absolute Gasteiger partial charge is 0.353 e. The minimum absolute atomic E-state index is 0.171. The Morgan fingerprint density at radius 2 is 1.94 bits per heavy atom. The molecule has 0 fully saturated rings. The van der Waals surface area contributed by atoms with Crippen molar-refractivity contribution < 1.29 is 0 Å². The maximum Gasteiger partial charge on any atom is 0.0288 e. The number of aromatic nitrogens is 1. The zero-order valence-electron chi connectivity index (χ0n) is 11.0. The van der Waals surface area contributed by atoms with Gasteiger partial charge in [0.25, 0.3) is 0 Å². The van der Waals surface area contributed by atoms with Gasteiger partial charge in [-0.15, -0.1) is 0 Å². The molecule has 0 aliphatic heterocycles. The highest BCUT2D eigenvalue weighted by Crippen LogP contribution is 2.30. The second kappa shape index (κ2) is 3.65. The number of nitrogens with zero attached hydrogens (tertiary/aromatic N) is 1. The third-order valence-electron chi connectivity index (χ3n) is 3.29. The number of hydrogen-bond acceptors (Lipinski definition) is 0. The zero-order chi connectivity index (χ0) is 11.9. The van der Waals surface area contributed by atoms with Gasteiger partial charge < -0.3 is 4.57 Å². The molecule has 0 atom stereocenters. The number of aryl methyl sites for hydroxylation is 2. The Labute approximate surface area is 98.5 Å². The predicted octanol–water partition coefficient (Wildman–Crippen LogP) is 3.88. The minimum Gasteiger partial charge on any atom is -0.353 e. The Morgan fingerprint density at radius 1 is 1.25 bits per heavy atom. The lowest BCUT2D eigenvalue weighted by molar-refractivity contribution is 0.619. The molecular formula is C15H21N. The van der Waals surface area contributed by atoms with Crippen molar-refractivity contribution in [1.82, 2.24) is 4.57 Å². The van der Waals surface area contributed by atoms with Crippen molar-refractivity contribution in [1.29, 1.82) is 0 Å². The average Bonchev–Trinajstić information content (AvgIpc) is 2.36. The molecule has 1 nitrogen and oxygen atoms in total. The average molecular weight is 215 g/mol. The summed E-state index contributed by atoms with van der Waals surface area (Å²) in [6.07, 6.45) is 10.2. The van der Waals surface area contributed by atoms with E-state index in [1.54, 1.807) is 0 Å². The highest BCUT2D eigenvalue weighted by atomic mass is 14.9. The van der Waals surface area contributed by atoms with Crippen LogP contribution >= 0.6 is 0 Å². The van der Waals surface area contributed by atoms with E-state index < -0.39 is 0 Å². The summed E-state index contributed by atoms with van der Waals surface area (Å²) >= 11 is 0. The molecule has 1 aliphatic rings. The quantitative estimate of drug-likeness (QED) is 0.579. The van der Waals surface area contributed by atoms with Crippen molar-refractivity contribution in [2.24, 2.45) is 12.5 Å². The Kier molecular flexibility index (Phi) is 2.57. The molecule has 0 N–H and O–H groups in total. The standard InChI is InChI=1S/C15H21N/c1-11-8-14-13(12(2)10-16(14)5)6-7-15(3,4)9-11/h6-7,9-10H,8H2,1-5H3/b7-6-,11-9?. The Morgan fingerprint density at radius 3 is 2.62 bits per heavy atom. The first-order chi connectivity index (χ1) is 7.39. The molecule has 0 amide bonds. The first-order valence-electron chi connectivity index (χ1n) is 5.91. The fraction of sp³-hybridized carbons (Fsp3) is 0.467. The van der Waals surface area contributed by atoms with Crippen LogP contribution in [-0.4, -0.2) is 4.57 Å². The SMILES string of the molecule is CC1=CC(C)(C)/C=C\c2c(C)cn(C)c2C1. The second-order valence-corrected chi connectivity index (χ2v) is 5.61. The van der Waals surface area contributed by atoms with Gasteiger partial charge in [0.15, 0.2) is 0 Å². The van der Waals surface area contributed by atoms with Crippen LogP contribution in [-0.2, 0) is 13.5 Å². The third-order valence-corrected chi connectivity index (χ3v) is 3.29. The smallest absolute Gasteiger partial charge is 0.0288 e. The van der Waals surface area contributed by atoms with Crippen molar-refractivity contribution in [3.8, 4) is 0 Å². The number of hydrogen-bond donors (Lipinski definition) is 0. The number of allylic oxidation sites excluding steroid dienone is 3. The molecule has 1 aromatic heterocycles. The summed E-state index contributed by atoms with van der Waals surface area (Å²) < 4.78 is 2.25. The molecule has 0 saturated heterocycles. The van der Waals surface area contributed by atoms with Crippen LogP contribution in [0.4, 0.5) is 0 Å². The van der Waals surface area contributed by atoms with Gasteiger partial charge >= 0.3 is 0 Å². The lowest BCUT2D eigenvalue weighted by Gasteiger charge is -2.20. The molecular weight excluding hydrogens is 194 g/mol. The van der Waals surface area contributed by atoms with E-state index in [0.717, 1.165) is 6.42 Å². The van der Waals surface area contributed by atoms with Gasteiger partial charge in [0.1, 0.15) is 0 Å². The minimum atomic E-state index is 0.171. The lowest BCUT2D eigenvalue weighted by atomic mass is 9.86. The van der Waals surface area contributed by atoms with E-state index in [4.69, 9.17) is 0 Å². The Balaban J connectivity index is 2.58.